The average molecular weight is 250 g/mol. The van der Waals surface area contributed by atoms with E-state index in [0.717, 1.165) is 19.3 Å². The van der Waals surface area contributed by atoms with Crippen molar-refractivity contribution in [3.05, 3.63) is 0 Å². The summed E-state index contributed by atoms with van der Waals surface area (Å²) in [7, 11) is 0. The number of hydrogen-bond acceptors (Lipinski definition) is 2. The van der Waals surface area contributed by atoms with Crippen molar-refractivity contribution >= 4 is 5.91 Å². The largest absolute Gasteiger partial charge is 0.389 e. The van der Waals surface area contributed by atoms with E-state index in [4.69, 9.17) is 0 Å². The Morgan fingerprint density at radius 3 is 2.59 bits per heavy atom. The predicted molar refractivity (Wildman–Crippen MR) is 56.2 cm³/mol. The van der Waals surface area contributed by atoms with Crippen molar-refractivity contribution in [3.8, 4) is 0 Å². The van der Waals surface area contributed by atoms with E-state index < -0.39 is 18.1 Å². The highest BCUT2D eigenvalue weighted by Crippen LogP contribution is 2.42. The summed E-state index contributed by atoms with van der Waals surface area (Å²) in [5.74, 6) is -0.00785. The Bertz CT molecular complexity index is 312. The van der Waals surface area contributed by atoms with E-state index in [1.54, 1.807) is 4.90 Å². The number of nitrogens with one attached hydrogen (secondary N) is 1. The third kappa shape index (κ3) is 2.56. The van der Waals surface area contributed by atoms with E-state index >= 15 is 0 Å². The van der Waals surface area contributed by atoms with Crippen molar-refractivity contribution in [1.29, 1.82) is 0 Å². The summed E-state index contributed by atoms with van der Waals surface area (Å²) < 4.78 is 36.2. The number of hydrogen-bond donors (Lipinski definition) is 1. The summed E-state index contributed by atoms with van der Waals surface area (Å²) in [6.07, 6.45) is -2.67. The molecule has 0 aromatic rings. The summed E-state index contributed by atoms with van der Waals surface area (Å²) in [6.45, 7) is 2.13. The van der Waals surface area contributed by atoms with Gasteiger partial charge in [-0.2, -0.15) is 13.2 Å². The molecule has 1 atom stereocenters. The van der Waals surface area contributed by atoms with Crippen molar-refractivity contribution in [2.45, 2.75) is 56.9 Å². The molecule has 1 spiro atoms. The Labute approximate surface area is 98.3 Å². The maximum absolute atomic E-state index is 12.1. The maximum atomic E-state index is 12.1. The summed E-state index contributed by atoms with van der Waals surface area (Å²) in [5, 5.41) is 3.23. The molecule has 1 heterocycles. The van der Waals surface area contributed by atoms with Crippen molar-refractivity contribution < 1.29 is 18.0 Å². The highest BCUT2D eigenvalue weighted by molar-refractivity contribution is 5.91. The number of rotatable bonds is 4. The second-order valence-corrected chi connectivity index (χ2v) is 4.87. The van der Waals surface area contributed by atoms with Gasteiger partial charge in [-0.05, 0) is 25.7 Å². The van der Waals surface area contributed by atoms with Crippen LogP contribution in [0.5, 0.6) is 0 Å². The van der Waals surface area contributed by atoms with Gasteiger partial charge in [-0.3, -0.25) is 10.1 Å². The molecule has 2 aliphatic rings. The first-order valence-electron chi connectivity index (χ1n) is 6.03. The lowest BCUT2D eigenvalue weighted by Gasteiger charge is -2.23. The van der Waals surface area contributed by atoms with Gasteiger partial charge in [-0.25, -0.2) is 0 Å². The van der Waals surface area contributed by atoms with Gasteiger partial charge in [0.05, 0.1) is 11.7 Å². The quantitative estimate of drug-likeness (QED) is 0.828. The lowest BCUT2D eigenvalue weighted by atomic mass is 10.2. The van der Waals surface area contributed by atoms with Crippen molar-refractivity contribution in [3.63, 3.8) is 0 Å². The van der Waals surface area contributed by atoms with Crippen LogP contribution in [0.15, 0.2) is 0 Å². The minimum absolute atomic E-state index is 0.00785. The summed E-state index contributed by atoms with van der Waals surface area (Å²) in [4.78, 5) is 13.6. The average Bonchev–Trinajstić information content (AvgIpc) is 2.95. The minimum atomic E-state index is -4.13. The fourth-order valence-electron chi connectivity index (χ4n) is 2.39. The highest BCUT2D eigenvalue weighted by atomic mass is 19.4. The molecule has 0 aromatic heterocycles. The third-order valence-electron chi connectivity index (χ3n) is 3.49. The Kier molecular flexibility index (Phi) is 3.10. The third-order valence-corrected chi connectivity index (χ3v) is 3.49. The number of alkyl halides is 3. The summed E-state index contributed by atoms with van der Waals surface area (Å²) >= 11 is 0. The molecule has 17 heavy (non-hydrogen) atoms. The van der Waals surface area contributed by atoms with Gasteiger partial charge >= 0.3 is 6.18 Å². The summed E-state index contributed by atoms with van der Waals surface area (Å²) in [5.41, 5.74) is -0.418. The molecule has 0 aromatic carbocycles. The Morgan fingerprint density at radius 2 is 2.12 bits per heavy atom. The molecule has 1 saturated carbocycles. The van der Waals surface area contributed by atoms with Crippen LogP contribution in [0, 0.1) is 0 Å². The minimum Gasteiger partial charge on any atom is -0.326 e. The molecule has 0 radical (unpaired) electrons. The normalized spacial score (nSPS) is 26.9. The molecular formula is C11H17F3N2O. The number of halogens is 3. The van der Waals surface area contributed by atoms with Gasteiger partial charge in [0.15, 0.2) is 0 Å². The highest BCUT2D eigenvalue weighted by Gasteiger charge is 2.58. The van der Waals surface area contributed by atoms with Crippen LogP contribution in [0.25, 0.3) is 0 Å². The topological polar surface area (TPSA) is 32.3 Å². The Morgan fingerprint density at radius 1 is 1.47 bits per heavy atom. The molecule has 2 rings (SSSR count). The maximum Gasteiger partial charge on any atom is 0.389 e. The van der Waals surface area contributed by atoms with Gasteiger partial charge < -0.3 is 4.90 Å². The smallest absolute Gasteiger partial charge is 0.326 e. The van der Waals surface area contributed by atoms with E-state index in [0.29, 0.717) is 0 Å². The molecule has 6 heteroatoms. The monoisotopic (exact) mass is 250 g/mol. The van der Waals surface area contributed by atoms with Gasteiger partial charge in [-0.1, -0.05) is 6.92 Å². The van der Waals surface area contributed by atoms with Gasteiger partial charge in [0.1, 0.15) is 0 Å². The van der Waals surface area contributed by atoms with Crippen LogP contribution in [-0.2, 0) is 4.79 Å². The fraction of sp³-hybridized carbons (Fsp3) is 0.909. The molecule has 1 saturated heterocycles. The second kappa shape index (κ2) is 4.15. The number of amides is 1. The molecular weight excluding hydrogens is 233 g/mol. The van der Waals surface area contributed by atoms with Gasteiger partial charge in [0.2, 0.25) is 5.91 Å². The van der Waals surface area contributed by atoms with Gasteiger partial charge in [0, 0.05) is 13.0 Å². The molecule has 0 bridgehead atoms. The van der Waals surface area contributed by atoms with E-state index in [1.165, 1.54) is 0 Å². The zero-order chi connectivity index (χ0) is 12.7. The molecule has 1 unspecified atom stereocenters. The number of carbonyl (C=O) groups excluding carboxylic acids is 1. The van der Waals surface area contributed by atoms with Crippen LogP contribution >= 0.6 is 0 Å². The predicted octanol–water partition coefficient (Wildman–Crippen LogP) is 2.03. The lowest BCUT2D eigenvalue weighted by molar-refractivity contribution is -0.140. The summed E-state index contributed by atoms with van der Waals surface area (Å²) in [6, 6.07) is 0. The van der Waals surface area contributed by atoms with Crippen LogP contribution in [0.1, 0.15) is 39.0 Å². The van der Waals surface area contributed by atoms with Crippen molar-refractivity contribution in [1.82, 2.24) is 10.2 Å². The molecule has 3 nitrogen and oxygen atoms in total. The van der Waals surface area contributed by atoms with Crippen LogP contribution in [0.4, 0.5) is 13.2 Å². The van der Waals surface area contributed by atoms with Gasteiger partial charge in [-0.15, -0.1) is 0 Å². The Balaban J connectivity index is 1.88. The van der Waals surface area contributed by atoms with Crippen molar-refractivity contribution in [2.24, 2.45) is 0 Å². The molecule has 1 aliphatic carbocycles. The zero-order valence-corrected chi connectivity index (χ0v) is 9.81. The first kappa shape index (κ1) is 12.7. The first-order valence-corrected chi connectivity index (χ1v) is 6.03. The van der Waals surface area contributed by atoms with E-state index in [-0.39, 0.29) is 25.0 Å². The van der Waals surface area contributed by atoms with Crippen LogP contribution in [0.2, 0.25) is 0 Å². The fourth-order valence-corrected chi connectivity index (χ4v) is 2.39. The lowest BCUT2D eigenvalue weighted by Crippen LogP contribution is -2.37. The first-order chi connectivity index (χ1) is 7.88. The zero-order valence-electron chi connectivity index (χ0n) is 9.81. The Hall–Kier alpha value is -0.780. The molecule has 2 fully saturated rings. The molecule has 1 aliphatic heterocycles. The molecule has 1 amide bonds. The van der Waals surface area contributed by atoms with Crippen LogP contribution < -0.4 is 5.32 Å². The van der Waals surface area contributed by atoms with Crippen LogP contribution in [0.3, 0.4) is 0 Å². The van der Waals surface area contributed by atoms with Crippen molar-refractivity contribution in [2.75, 3.05) is 6.54 Å². The van der Waals surface area contributed by atoms with E-state index in [9.17, 15) is 18.0 Å². The second-order valence-electron chi connectivity index (χ2n) is 4.87. The SMILES string of the molecule is CCC1NC2(CC2)C(=O)N1CCCC(F)(F)F. The molecule has 1 N–H and O–H groups in total. The van der Waals surface area contributed by atoms with E-state index in [2.05, 4.69) is 5.32 Å². The number of nitrogens with zero attached hydrogens (tertiary/aromatic N) is 1. The standard InChI is InChI=1S/C11H17F3N2O/c1-2-8-15-10(5-6-10)9(17)16(8)7-3-4-11(12,13)14/h8,15H,2-7H2,1H3. The number of carbonyl (C=O) groups is 1. The van der Waals surface area contributed by atoms with Crippen LogP contribution in [-0.4, -0.2) is 35.2 Å². The van der Waals surface area contributed by atoms with Gasteiger partial charge in [0.25, 0.3) is 0 Å². The van der Waals surface area contributed by atoms with E-state index in [1.807, 2.05) is 6.92 Å². The molecule has 98 valence electrons.